The molecule has 130 valence electrons. The van der Waals surface area contributed by atoms with Crippen LogP contribution >= 0.6 is 24.0 Å². The smallest absolute Gasteiger partial charge is 0.231 e. The second kappa shape index (κ2) is 9.16. The van der Waals surface area contributed by atoms with Crippen LogP contribution in [-0.4, -0.2) is 22.6 Å². The lowest BCUT2D eigenvalue weighted by molar-refractivity contribution is 0.361. The van der Waals surface area contributed by atoms with Crippen LogP contribution in [0.2, 0.25) is 0 Å². The van der Waals surface area contributed by atoms with Crippen LogP contribution in [0.15, 0.2) is 70.2 Å². The lowest BCUT2D eigenvalue weighted by Crippen LogP contribution is -2.23. The highest BCUT2D eigenvalue weighted by atomic mass is 127. The summed E-state index contributed by atoms with van der Waals surface area (Å²) < 4.78 is 5.34. The van der Waals surface area contributed by atoms with Crippen LogP contribution in [0.5, 0.6) is 0 Å². The molecule has 1 heterocycles. The molecule has 3 rings (SSSR count). The van der Waals surface area contributed by atoms with Gasteiger partial charge in [0.1, 0.15) is 0 Å². The number of benzene rings is 2. The quantitative estimate of drug-likeness (QED) is 0.351. The molecule has 0 spiro atoms. The number of rotatable bonds is 5. The van der Waals surface area contributed by atoms with E-state index in [2.05, 4.69) is 20.4 Å². The van der Waals surface area contributed by atoms with E-state index in [1.165, 1.54) is 0 Å². The topological polar surface area (TPSA) is 89.3 Å². The van der Waals surface area contributed by atoms with Gasteiger partial charge in [0.2, 0.25) is 11.7 Å². The molecule has 0 saturated heterocycles. The first-order valence-electron chi connectivity index (χ1n) is 7.73. The largest absolute Gasteiger partial charge is 0.370 e. The summed E-state index contributed by atoms with van der Waals surface area (Å²) in [6, 6.07) is 19.4. The van der Waals surface area contributed by atoms with Gasteiger partial charge in [-0.2, -0.15) is 4.98 Å². The lowest BCUT2D eigenvalue weighted by Gasteiger charge is -2.06. The number of nitrogens with zero attached hydrogens (tertiary/aromatic N) is 3. The van der Waals surface area contributed by atoms with Crippen molar-refractivity contribution in [1.82, 2.24) is 10.1 Å². The van der Waals surface area contributed by atoms with E-state index < -0.39 is 0 Å². The van der Waals surface area contributed by atoms with E-state index in [1.807, 2.05) is 67.6 Å². The Bertz CT molecular complexity index is 805. The molecule has 25 heavy (non-hydrogen) atoms. The fraction of sp³-hybridized carbons (Fsp3) is 0.167. The van der Waals surface area contributed by atoms with Gasteiger partial charge < -0.3 is 15.6 Å². The van der Waals surface area contributed by atoms with Crippen LogP contribution in [-0.2, 0) is 0 Å². The number of para-hydroxylation sites is 1. The van der Waals surface area contributed by atoms with Gasteiger partial charge in [0.05, 0.1) is 12.5 Å². The van der Waals surface area contributed by atoms with Crippen LogP contribution < -0.4 is 11.1 Å². The van der Waals surface area contributed by atoms with E-state index in [0.717, 1.165) is 11.3 Å². The predicted molar refractivity (Wildman–Crippen MR) is 110 cm³/mol. The molecule has 3 aromatic rings. The first-order chi connectivity index (χ1) is 11.7. The fourth-order valence-electron chi connectivity index (χ4n) is 2.16. The van der Waals surface area contributed by atoms with E-state index in [4.69, 9.17) is 10.3 Å². The highest BCUT2D eigenvalue weighted by molar-refractivity contribution is 14.0. The molecular weight excluding hydrogens is 429 g/mol. The van der Waals surface area contributed by atoms with Crippen molar-refractivity contribution >= 4 is 35.6 Å². The second-order valence-electron chi connectivity index (χ2n) is 5.44. The maximum absolute atomic E-state index is 5.90. The van der Waals surface area contributed by atoms with E-state index in [9.17, 15) is 0 Å². The molecule has 0 saturated carbocycles. The zero-order valence-electron chi connectivity index (χ0n) is 13.8. The zero-order chi connectivity index (χ0) is 16.8. The van der Waals surface area contributed by atoms with Gasteiger partial charge in [0.25, 0.3) is 0 Å². The Hall–Kier alpha value is -2.42. The molecule has 2 aromatic carbocycles. The predicted octanol–water partition coefficient (Wildman–Crippen LogP) is 3.88. The molecule has 0 bridgehead atoms. The Morgan fingerprint density at radius 3 is 2.44 bits per heavy atom. The Kier molecular flexibility index (Phi) is 6.93. The molecule has 0 aliphatic rings. The van der Waals surface area contributed by atoms with Gasteiger partial charge in [0, 0.05) is 11.3 Å². The minimum Gasteiger partial charge on any atom is -0.370 e. The number of halogens is 1. The standard InChI is InChI=1S/C18H19N5O.HI/c1-13(12-20-18(19)21-15-10-6-3-7-11-15)17-22-16(23-24-17)14-8-4-2-5-9-14;/h2-11,13H,12H2,1H3,(H3,19,20,21);1H. The SMILES string of the molecule is CC(CN=C(N)Nc1ccccc1)c1nc(-c2ccccc2)no1.I. The number of aliphatic imine (C=N–C) groups is 1. The summed E-state index contributed by atoms with van der Waals surface area (Å²) in [4.78, 5) is 8.77. The average molecular weight is 449 g/mol. The van der Waals surface area contributed by atoms with E-state index in [1.54, 1.807) is 0 Å². The minimum absolute atomic E-state index is 0. The fourth-order valence-corrected chi connectivity index (χ4v) is 2.16. The van der Waals surface area contributed by atoms with Gasteiger partial charge in [-0.05, 0) is 12.1 Å². The molecule has 1 atom stereocenters. The molecule has 0 radical (unpaired) electrons. The molecule has 0 aliphatic heterocycles. The second-order valence-corrected chi connectivity index (χ2v) is 5.44. The Balaban J connectivity index is 0.00000225. The van der Waals surface area contributed by atoms with Gasteiger partial charge in [-0.1, -0.05) is 60.6 Å². The van der Waals surface area contributed by atoms with Crippen molar-refractivity contribution in [1.29, 1.82) is 0 Å². The van der Waals surface area contributed by atoms with Gasteiger partial charge >= 0.3 is 0 Å². The molecule has 7 heteroatoms. The number of hydrogen-bond donors (Lipinski definition) is 2. The summed E-state index contributed by atoms with van der Waals surface area (Å²) in [5.41, 5.74) is 7.72. The Morgan fingerprint density at radius 2 is 1.76 bits per heavy atom. The van der Waals surface area contributed by atoms with Crippen molar-refractivity contribution in [2.45, 2.75) is 12.8 Å². The number of guanidine groups is 1. The van der Waals surface area contributed by atoms with Crippen molar-refractivity contribution in [3.8, 4) is 11.4 Å². The van der Waals surface area contributed by atoms with E-state index in [-0.39, 0.29) is 29.9 Å². The van der Waals surface area contributed by atoms with Crippen molar-refractivity contribution in [3.63, 3.8) is 0 Å². The molecule has 3 N–H and O–H groups in total. The van der Waals surface area contributed by atoms with Gasteiger partial charge in [-0.15, -0.1) is 24.0 Å². The molecule has 0 fully saturated rings. The summed E-state index contributed by atoms with van der Waals surface area (Å²) in [7, 11) is 0. The van der Waals surface area contributed by atoms with Crippen LogP contribution in [0.25, 0.3) is 11.4 Å². The van der Waals surface area contributed by atoms with Gasteiger partial charge in [-0.25, -0.2) is 0 Å². The Labute approximate surface area is 163 Å². The number of nitrogens with one attached hydrogen (secondary N) is 1. The summed E-state index contributed by atoms with van der Waals surface area (Å²) in [5.74, 6) is 1.46. The summed E-state index contributed by atoms with van der Waals surface area (Å²) in [6.07, 6.45) is 0. The van der Waals surface area contributed by atoms with Crippen molar-refractivity contribution in [3.05, 3.63) is 66.6 Å². The van der Waals surface area contributed by atoms with Crippen LogP contribution in [0.4, 0.5) is 5.69 Å². The number of aromatic nitrogens is 2. The summed E-state index contributed by atoms with van der Waals surface area (Å²) >= 11 is 0. The zero-order valence-corrected chi connectivity index (χ0v) is 16.1. The average Bonchev–Trinajstić information content (AvgIpc) is 3.11. The van der Waals surface area contributed by atoms with Crippen molar-refractivity contribution in [2.75, 3.05) is 11.9 Å². The number of nitrogens with two attached hydrogens (primary N) is 1. The third-order valence-corrected chi connectivity index (χ3v) is 3.48. The van der Waals surface area contributed by atoms with Crippen molar-refractivity contribution < 1.29 is 4.52 Å². The molecule has 1 unspecified atom stereocenters. The normalized spacial score (nSPS) is 12.3. The first-order valence-corrected chi connectivity index (χ1v) is 7.73. The third kappa shape index (κ3) is 5.28. The Morgan fingerprint density at radius 1 is 1.12 bits per heavy atom. The number of hydrogen-bond acceptors (Lipinski definition) is 4. The minimum atomic E-state index is -0.0221. The molecule has 0 aliphatic carbocycles. The lowest BCUT2D eigenvalue weighted by atomic mass is 10.2. The number of anilines is 1. The van der Waals surface area contributed by atoms with Gasteiger partial charge in [-0.3, -0.25) is 4.99 Å². The van der Waals surface area contributed by atoms with Crippen LogP contribution in [0.3, 0.4) is 0 Å². The molecular formula is C18H20IN5O. The highest BCUT2D eigenvalue weighted by Crippen LogP contribution is 2.19. The summed E-state index contributed by atoms with van der Waals surface area (Å²) in [6.45, 7) is 2.43. The van der Waals surface area contributed by atoms with E-state index >= 15 is 0 Å². The highest BCUT2D eigenvalue weighted by Gasteiger charge is 2.15. The first kappa shape index (κ1) is 18.9. The molecule has 0 amide bonds. The van der Waals surface area contributed by atoms with Crippen LogP contribution in [0, 0.1) is 0 Å². The van der Waals surface area contributed by atoms with Gasteiger partial charge in [0.15, 0.2) is 5.96 Å². The van der Waals surface area contributed by atoms with E-state index in [0.29, 0.717) is 24.2 Å². The third-order valence-electron chi connectivity index (χ3n) is 3.48. The summed E-state index contributed by atoms with van der Waals surface area (Å²) in [5, 5.41) is 7.06. The monoisotopic (exact) mass is 449 g/mol. The molecule has 1 aromatic heterocycles. The molecule has 6 nitrogen and oxygen atoms in total. The maximum Gasteiger partial charge on any atom is 0.231 e. The maximum atomic E-state index is 5.90. The van der Waals surface area contributed by atoms with Crippen molar-refractivity contribution in [2.24, 2.45) is 10.7 Å². The van der Waals surface area contributed by atoms with Crippen LogP contribution in [0.1, 0.15) is 18.7 Å².